The molecule has 0 N–H and O–H groups in total. The number of fused-ring (bicyclic) bond motifs is 1. The summed E-state index contributed by atoms with van der Waals surface area (Å²) in [6, 6.07) is 12.6. The van der Waals surface area contributed by atoms with E-state index in [1.165, 1.54) is 16.3 Å². The predicted molar refractivity (Wildman–Crippen MR) is 77.1 cm³/mol. The Kier molecular flexibility index (Phi) is 3.14. The highest BCUT2D eigenvalue weighted by atomic mass is 31.2. The summed E-state index contributed by atoms with van der Waals surface area (Å²) in [4.78, 5) is 0. The molecule has 2 aromatic carbocycles. The standard InChI is InChI=1S/C15H19OP/c1-11(2)12-5-6-14-10-15(17(3,4)16)8-7-13(14)9-12/h5-11H,1-4H3. The van der Waals surface area contributed by atoms with E-state index in [1.54, 1.807) is 0 Å². The van der Waals surface area contributed by atoms with Crippen LogP contribution in [0.5, 0.6) is 0 Å². The lowest BCUT2D eigenvalue weighted by molar-refractivity contribution is 0.588. The highest BCUT2D eigenvalue weighted by Gasteiger charge is 2.11. The Hall–Kier alpha value is -1.07. The molecular weight excluding hydrogens is 227 g/mol. The molecule has 0 saturated carbocycles. The van der Waals surface area contributed by atoms with Crippen LogP contribution in [0.25, 0.3) is 10.8 Å². The van der Waals surface area contributed by atoms with Crippen molar-refractivity contribution < 1.29 is 4.57 Å². The molecule has 0 saturated heterocycles. The van der Waals surface area contributed by atoms with Crippen LogP contribution in [0.4, 0.5) is 0 Å². The average molecular weight is 246 g/mol. The first kappa shape index (κ1) is 12.4. The smallest absolute Gasteiger partial charge is 0.109 e. The second-order valence-corrected chi connectivity index (χ2v) is 8.51. The first-order valence-electron chi connectivity index (χ1n) is 5.97. The van der Waals surface area contributed by atoms with E-state index in [4.69, 9.17) is 0 Å². The van der Waals surface area contributed by atoms with Gasteiger partial charge in [-0.2, -0.15) is 0 Å². The zero-order chi connectivity index (χ0) is 12.6. The lowest BCUT2D eigenvalue weighted by Crippen LogP contribution is -2.01. The summed E-state index contributed by atoms with van der Waals surface area (Å²) in [7, 11) is -2.15. The normalized spacial score (nSPS) is 12.3. The molecule has 2 rings (SSSR count). The molecule has 0 aliphatic heterocycles. The maximum absolute atomic E-state index is 12.0. The van der Waals surface area contributed by atoms with Crippen LogP contribution in [0.15, 0.2) is 36.4 Å². The first-order valence-corrected chi connectivity index (χ1v) is 8.57. The zero-order valence-corrected chi connectivity index (χ0v) is 11.8. The van der Waals surface area contributed by atoms with Crippen LogP contribution in [0, 0.1) is 0 Å². The van der Waals surface area contributed by atoms with E-state index >= 15 is 0 Å². The SMILES string of the molecule is CC(C)c1ccc2cc(P(C)(C)=O)ccc2c1. The number of hydrogen-bond acceptors (Lipinski definition) is 1. The topological polar surface area (TPSA) is 17.1 Å². The third-order valence-electron chi connectivity index (χ3n) is 3.14. The average Bonchev–Trinajstić information content (AvgIpc) is 2.26. The van der Waals surface area contributed by atoms with Crippen molar-refractivity contribution in [2.75, 3.05) is 13.3 Å². The second kappa shape index (κ2) is 4.31. The van der Waals surface area contributed by atoms with Gasteiger partial charge in [0.2, 0.25) is 0 Å². The molecule has 90 valence electrons. The Bertz CT molecular complexity index is 593. The monoisotopic (exact) mass is 246 g/mol. The van der Waals surface area contributed by atoms with Gasteiger partial charge in [0.25, 0.3) is 0 Å². The van der Waals surface area contributed by atoms with Crippen molar-refractivity contribution >= 4 is 23.2 Å². The van der Waals surface area contributed by atoms with Crippen LogP contribution in [0.1, 0.15) is 25.3 Å². The van der Waals surface area contributed by atoms with Crippen molar-refractivity contribution in [3.8, 4) is 0 Å². The van der Waals surface area contributed by atoms with Gasteiger partial charge < -0.3 is 4.57 Å². The van der Waals surface area contributed by atoms with Crippen LogP contribution in [0.3, 0.4) is 0 Å². The van der Waals surface area contributed by atoms with Gasteiger partial charge in [0.05, 0.1) is 0 Å². The Morgan fingerprint density at radius 3 is 2.12 bits per heavy atom. The van der Waals surface area contributed by atoms with Gasteiger partial charge in [-0.15, -0.1) is 0 Å². The molecule has 0 amide bonds. The summed E-state index contributed by atoms with van der Waals surface area (Å²) in [6.45, 7) is 8.02. The molecule has 2 aromatic rings. The van der Waals surface area contributed by atoms with E-state index in [2.05, 4.69) is 44.2 Å². The molecule has 0 unspecified atom stereocenters. The van der Waals surface area contributed by atoms with E-state index in [1.807, 2.05) is 19.4 Å². The Labute approximate surface area is 103 Å². The summed E-state index contributed by atoms with van der Waals surface area (Å²) >= 11 is 0. The minimum Gasteiger partial charge on any atom is -0.319 e. The van der Waals surface area contributed by atoms with E-state index in [0.717, 1.165) is 5.30 Å². The molecule has 0 aliphatic carbocycles. The van der Waals surface area contributed by atoms with E-state index in [9.17, 15) is 4.57 Å². The molecule has 17 heavy (non-hydrogen) atoms. The molecule has 0 aromatic heterocycles. The molecule has 0 aliphatic rings. The van der Waals surface area contributed by atoms with E-state index in [0.29, 0.717) is 5.92 Å². The van der Waals surface area contributed by atoms with E-state index in [-0.39, 0.29) is 0 Å². The maximum atomic E-state index is 12.0. The quantitative estimate of drug-likeness (QED) is 0.725. The van der Waals surface area contributed by atoms with Gasteiger partial charge >= 0.3 is 0 Å². The van der Waals surface area contributed by atoms with Gasteiger partial charge in [-0.25, -0.2) is 0 Å². The summed E-state index contributed by atoms with van der Waals surface area (Å²) in [5.41, 5.74) is 1.35. The molecule has 0 radical (unpaired) electrons. The third-order valence-corrected chi connectivity index (χ3v) is 4.66. The van der Waals surface area contributed by atoms with Crippen molar-refractivity contribution in [1.29, 1.82) is 0 Å². The lowest BCUT2D eigenvalue weighted by Gasteiger charge is -2.10. The van der Waals surface area contributed by atoms with Crippen LogP contribution >= 0.6 is 7.14 Å². The van der Waals surface area contributed by atoms with Gasteiger partial charge in [0.1, 0.15) is 7.14 Å². The third kappa shape index (κ3) is 2.61. The van der Waals surface area contributed by atoms with Gasteiger partial charge in [0, 0.05) is 5.30 Å². The Balaban J connectivity index is 2.58. The molecule has 2 heteroatoms. The van der Waals surface area contributed by atoms with Crippen LogP contribution in [0.2, 0.25) is 0 Å². The van der Waals surface area contributed by atoms with Crippen molar-refractivity contribution in [3.63, 3.8) is 0 Å². The highest BCUT2D eigenvalue weighted by molar-refractivity contribution is 7.70. The van der Waals surface area contributed by atoms with Crippen LogP contribution < -0.4 is 5.30 Å². The largest absolute Gasteiger partial charge is 0.319 e. The summed E-state index contributed by atoms with van der Waals surface area (Å²) in [5.74, 6) is 0.544. The summed E-state index contributed by atoms with van der Waals surface area (Å²) in [5, 5.41) is 3.37. The molecule has 0 atom stereocenters. The fourth-order valence-electron chi connectivity index (χ4n) is 1.95. The fraction of sp³-hybridized carbons (Fsp3) is 0.333. The molecule has 0 bridgehead atoms. The highest BCUT2D eigenvalue weighted by Crippen LogP contribution is 2.35. The minimum absolute atomic E-state index is 0.544. The molecular formula is C15H19OP. The number of benzene rings is 2. The number of rotatable bonds is 2. The molecule has 0 fully saturated rings. The summed E-state index contributed by atoms with van der Waals surface area (Å²) in [6.07, 6.45) is 0. The minimum atomic E-state index is -2.15. The maximum Gasteiger partial charge on any atom is 0.109 e. The van der Waals surface area contributed by atoms with Crippen molar-refractivity contribution in [2.45, 2.75) is 19.8 Å². The van der Waals surface area contributed by atoms with Gasteiger partial charge in [0.15, 0.2) is 0 Å². The van der Waals surface area contributed by atoms with Gasteiger partial charge in [-0.3, -0.25) is 0 Å². The zero-order valence-electron chi connectivity index (χ0n) is 10.9. The lowest BCUT2D eigenvalue weighted by atomic mass is 9.99. The fourth-order valence-corrected chi connectivity index (χ4v) is 2.83. The summed E-state index contributed by atoms with van der Waals surface area (Å²) < 4.78 is 12.0. The van der Waals surface area contributed by atoms with Crippen molar-refractivity contribution in [2.24, 2.45) is 0 Å². The van der Waals surface area contributed by atoms with E-state index < -0.39 is 7.14 Å². The van der Waals surface area contributed by atoms with Crippen LogP contribution in [-0.2, 0) is 4.57 Å². The van der Waals surface area contributed by atoms with Crippen molar-refractivity contribution in [3.05, 3.63) is 42.0 Å². The molecule has 0 spiro atoms. The predicted octanol–water partition coefficient (Wildman–Crippen LogP) is 4.21. The van der Waals surface area contributed by atoms with Gasteiger partial charge in [-0.1, -0.05) is 44.2 Å². The van der Waals surface area contributed by atoms with Crippen LogP contribution in [-0.4, -0.2) is 13.3 Å². The molecule has 0 heterocycles. The molecule has 1 nitrogen and oxygen atoms in total. The van der Waals surface area contributed by atoms with Crippen molar-refractivity contribution in [1.82, 2.24) is 0 Å². The number of hydrogen-bond donors (Lipinski definition) is 0. The second-order valence-electron chi connectivity index (χ2n) is 5.30. The van der Waals surface area contributed by atoms with Gasteiger partial charge in [-0.05, 0) is 41.6 Å². The Morgan fingerprint density at radius 2 is 1.53 bits per heavy atom. The first-order chi connectivity index (χ1) is 7.88. The Morgan fingerprint density at radius 1 is 0.941 bits per heavy atom.